The molecule has 0 bridgehead atoms. The fourth-order valence-electron chi connectivity index (χ4n) is 3.43. The van der Waals surface area contributed by atoms with Gasteiger partial charge in [0.25, 0.3) is 0 Å². The number of hydrogen-bond donors (Lipinski definition) is 0. The second kappa shape index (κ2) is 7.11. The molecular weight excluding hydrogens is 302 g/mol. The number of hydrogen-bond acceptors (Lipinski definition) is 4. The van der Waals surface area contributed by atoms with Crippen LogP contribution in [-0.4, -0.2) is 43.1 Å². The smallest absolute Gasteiger partial charge is 0.246 e. The molecule has 1 aliphatic heterocycles. The quantitative estimate of drug-likeness (QED) is 0.866. The minimum absolute atomic E-state index is 0.0694. The summed E-state index contributed by atoms with van der Waals surface area (Å²) in [6.07, 6.45) is 4.32. The number of aromatic nitrogens is 4. The van der Waals surface area contributed by atoms with Crippen molar-refractivity contribution in [1.82, 2.24) is 25.1 Å². The summed E-state index contributed by atoms with van der Waals surface area (Å²) < 4.78 is 0. The highest BCUT2D eigenvalue weighted by molar-refractivity contribution is 5.76. The normalized spacial score (nSPS) is 21.0. The standard InChI is InChI=1S/C18H25N5O/c1-4-15-8-10-16(11-9-15)18-19-21-22(20-18)12-17(24)23-13(2)6-5-7-14(23)3/h8-11,13-14H,4-7,12H2,1-3H3/t13-,14+. The lowest BCUT2D eigenvalue weighted by Crippen LogP contribution is -2.48. The first-order chi connectivity index (χ1) is 11.6. The van der Waals surface area contributed by atoms with Crippen molar-refractivity contribution in [2.75, 3.05) is 0 Å². The van der Waals surface area contributed by atoms with Crippen molar-refractivity contribution in [1.29, 1.82) is 0 Å². The molecule has 6 nitrogen and oxygen atoms in total. The number of rotatable bonds is 4. The molecule has 24 heavy (non-hydrogen) atoms. The first kappa shape index (κ1) is 16.6. The van der Waals surface area contributed by atoms with Gasteiger partial charge in [0.15, 0.2) is 0 Å². The second-order valence-corrected chi connectivity index (χ2v) is 6.62. The fourth-order valence-corrected chi connectivity index (χ4v) is 3.43. The molecule has 2 atom stereocenters. The molecular formula is C18H25N5O. The first-order valence-corrected chi connectivity index (χ1v) is 8.76. The summed E-state index contributed by atoms with van der Waals surface area (Å²) in [7, 11) is 0. The van der Waals surface area contributed by atoms with Crippen molar-refractivity contribution < 1.29 is 4.79 Å². The van der Waals surface area contributed by atoms with Crippen molar-refractivity contribution in [3.63, 3.8) is 0 Å². The Kier molecular flexibility index (Phi) is 4.92. The van der Waals surface area contributed by atoms with Gasteiger partial charge in [-0.3, -0.25) is 4.79 Å². The predicted octanol–water partition coefficient (Wildman–Crippen LogP) is 2.69. The SMILES string of the molecule is CCc1ccc(-c2nnn(CC(=O)N3[C@H](C)CCC[C@@H]3C)n2)cc1. The Balaban J connectivity index is 1.70. The molecule has 1 amide bonds. The number of benzene rings is 1. The molecule has 0 N–H and O–H groups in total. The lowest BCUT2D eigenvalue weighted by atomic mass is 9.97. The zero-order valence-corrected chi connectivity index (χ0v) is 14.6. The number of carbonyl (C=O) groups is 1. The van der Waals surface area contributed by atoms with E-state index in [1.54, 1.807) is 0 Å². The molecule has 2 heterocycles. The van der Waals surface area contributed by atoms with Crippen LogP contribution >= 0.6 is 0 Å². The van der Waals surface area contributed by atoms with E-state index >= 15 is 0 Å². The van der Waals surface area contributed by atoms with E-state index in [9.17, 15) is 4.79 Å². The van der Waals surface area contributed by atoms with Gasteiger partial charge in [-0.1, -0.05) is 31.2 Å². The summed E-state index contributed by atoms with van der Waals surface area (Å²) in [4.78, 5) is 16.0. The van der Waals surface area contributed by atoms with E-state index in [2.05, 4.69) is 48.3 Å². The highest BCUT2D eigenvalue weighted by Crippen LogP contribution is 2.22. The number of carbonyl (C=O) groups excluding carboxylic acids is 1. The number of nitrogens with zero attached hydrogens (tertiary/aromatic N) is 5. The van der Waals surface area contributed by atoms with Gasteiger partial charge < -0.3 is 4.90 Å². The maximum absolute atomic E-state index is 12.6. The van der Waals surface area contributed by atoms with E-state index in [1.807, 2.05) is 17.0 Å². The monoisotopic (exact) mass is 327 g/mol. The van der Waals surface area contributed by atoms with Crippen molar-refractivity contribution in [2.24, 2.45) is 0 Å². The number of likely N-dealkylation sites (tertiary alicyclic amines) is 1. The van der Waals surface area contributed by atoms with Gasteiger partial charge >= 0.3 is 0 Å². The topological polar surface area (TPSA) is 63.9 Å². The van der Waals surface area contributed by atoms with E-state index in [1.165, 1.54) is 16.8 Å². The maximum Gasteiger partial charge on any atom is 0.246 e. The highest BCUT2D eigenvalue weighted by Gasteiger charge is 2.29. The average Bonchev–Trinajstić information content (AvgIpc) is 3.03. The van der Waals surface area contributed by atoms with Gasteiger partial charge in [-0.05, 0) is 50.3 Å². The Morgan fingerprint density at radius 3 is 2.46 bits per heavy atom. The molecule has 1 aromatic carbocycles. The third-order valence-corrected chi connectivity index (χ3v) is 4.83. The third kappa shape index (κ3) is 3.47. The van der Waals surface area contributed by atoms with Crippen molar-refractivity contribution in [2.45, 2.75) is 65.1 Å². The van der Waals surface area contributed by atoms with E-state index in [4.69, 9.17) is 0 Å². The number of aryl methyl sites for hydroxylation is 1. The Labute approximate surface area is 142 Å². The fraction of sp³-hybridized carbons (Fsp3) is 0.556. The van der Waals surface area contributed by atoms with Crippen LogP contribution in [-0.2, 0) is 17.8 Å². The summed E-state index contributed by atoms with van der Waals surface area (Å²) in [5.74, 6) is 0.630. The first-order valence-electron chi connectivity index (χ1n) is 8.76. The summed E-state index contributed by atoms with van der Waals surface area (Å²) in [6, 6.07) is 8.70. The van der Waals surface area contributed by atoms with E-state index in [0.29, 0.717) is 5.82 Å². The summed E-state index contributed by atoms with van der Waals surface area (Å²) >= 11 is 0. The second-order valence-electron chi connectivity index (χ2n) is 6.62. The molecule has 2 aromatic rings. The van der Waals surface area contributed by atoms with Crippen LogP contribution < -0.4 is 0 Å². The lowest BCUT2D eigenvalue weighted by molar-refractivity contribution is -0.138. The minimum atomic E-state index is 0.0694. The average molecular weight is 327 g/mol. The molecule has 0 aliphatic carbocycles. The Morgan fingerprint density at radius 2 is 1.83 bits per heavy atom. The van der Waals surface area contributed by atoms with Crippen LogP contribution in [0.4, 0.5) is 0 Å². The molecule has 0 radical (unpaired) electrons. The van der Waals surface area contributed by atoms with Gasteiger partial charge in [0.2, 0.25) is 11.7 Å². The lowest BCUT2D eigenvalue weighted by Gasteiger charge is -2.38. The summed E-state index contributed by atoms with van der Waals surface area (Å²) in [5.41, 5.74) is 2.19. The van der Waals surface area contributed by atoms with Crippen LogP contribution in [0.2, 0.25) is 0 Å². The largest absolute Gasteiger partial charge is 0.336 e. The molecule has 128 valence electrons. The van der Waals surface area contributed by atoms with E-state index in [-0.39, 0.29) is 24.5 Å². The van der Waals surface area contributed by atoms with Crippen molar-refractivity contribution in [3.05, 3.63) is 29.8 Å². The van der Waals surface area contributed by atoms with Crippen LogP contribution in [0.1, 0.15) is 45.6 Å². The Hall–Kier alpha value is -2.24. The van der Waals surface area contributed by atoms with Crippen LogP contribution in [0.25, 0.3) is 11.4 Å². The van der Waals surface area contributed by atoms with Gasteiger partial charge in [-0.15, -0.1) is 10.2 Å². The molecule has 0 unspecified atom stereocenters. The zero-order chi connectivity index (χ0) is 17.1. The molecule has 3 rings (SSSR count). The Morgan fingerprint density at radius 1 is 1.17 bits per heavy atom. The van der Waals surface area contributed by atoms with Crippen LogP contribution in [0.5, 0.6) is 0 Å². The van der Waals surface area contributed by atoms with E-state index < -0.39 is 0 Å². The zero-order valence-electron chi connectivity index (χ0n) is 14.6. The van der Waals surface area contributed by atoms with Gasteiger partial charge in [-0.2, -0.15) is 4.80 Å². The maximum atomic E-state index is 12.6. The predicted molar refractivity (Wildman–Crippen MR) is 92.3 cm³/mol. The Bertz CT molecular complexity index is 684. The van der Waals surface area contributed by atoms with Gasteiger partial charge in [-0.25, -0.2) is 0 Å². The van der Waals surface area contributed by atoms with Gasteiger partial charge in [0.1, 0.15) is 6.54 Å². The molecule has 1 aromatic heterocycles. The summed E-state index contributed by atoms with van der Waals surface area (Å²) in [5, 5.41) is 12.5. The molecule has 1 aliphatic rings. The van der Waals surface area contributed by atoms with Crippen molar-refractivity contribution >= 4 is 5.91 Å². The third-order valence-electron chi connectivity index (χ3n) is 4.83. The minimum Gasteiger partial charge on any atom is -0.336 e. The molecule has 6 heteroatoms. The molecule has 0 saturated carbocycles. The highest BCUT2D eigenvalue weighted by atomic mass is 16.2. The molecule has 1 saturated heterocycles. The van der Waals surface area contributed by atoms with Crippen LogP contribution in [0.15, 0.2) is 24.3 Å². The summed E-state index contributed by atoms with van der Waals surface area (Å²) in [6.45, 7) is 6.50. The number of tetrazole rings is 1. The number of amides is 1. The van der Waals surface area contributed by atoms with Gasteiger partial charge in [0, 0.05) is 17.6 Å². The van der Waals surface area contributed by atoms with Crippen LogP contribution in [0, 0.1) is 0 Å². The van der Waals surface area contributed by atoms with Crippen molar-refractivity contribution in [3.8, 4) is 11.4 Å². The molecule has 1 fully saturated rings. The van der Waals surface area contributed by atoms with Crippen LogP contribution in [0.3, 0.4) is 0 Å². The number of piperidine rings is 1. The molecule has 0 spiro atoms. The van der Waals surface area contributed by atoms with E-state index in [0.717, 1.165) is 24.8 Å². The van der Waals surface area contributed by atoms with Gasteiger partial charge in [0.05, 0.1) is 0 Å².